The minimum absolute atomic E-state index is 0.168. The molecule has 0 heterocycles. The zero-order valence-electron chi connectivity index (χ0n) is 11.2. The van der Waals surface area contributed by atoms with Gasteiger partial charge in [0.05, 0.1) is 0 Å². The van der Waals surface area contributed by atoms with E-state index < -0.39 is 0 Å². The molecule has 0 saturated carbocycles. The van der Waals surface area contributed by atoms with E-state index in [2.05, 4.69) is 69.4 Å². The molecule has 0 aliphatic carbocycles. The smallest absolute Gasteiger partial charge is 0.0457 e. The van der Waals surface area contributed by atoms with Gasteiger partial charge in [-0.3, -0.25) is 0 Å². The molecule has 0 atom stereocenters. The highest BCUT2D eigenvalue weighted by molar-refractivity contribution is 5.96. The molecular formula is C16H21N. The first-order chi connectivity index (χ1) is 8.04. The minimum Gasteiger partial charge on any atom is -0.385 e. The van der Waals surface area contributed by atoms with E-state index >= 15 is 0 Å². The zero-order chi connectivity index (χ0) is 12.5. The first kappa shape index (κ1) is 12.0. The molecule has 0 saturated heterocycles. The van der Waals surface area contributed by atoms with Crippen LogP contribution in [-0.4, -0.2) is 6.54 Å². The molecule has 2 aromatic carbocycles. The number of fused-ring (bicyclic) bond motifs is 1. The van der Waals surface area contributed by atoms with Gasteiger partial charge in [0.15, 0.2) is 0 Å². The first-order valence-corrected chi connectivity index (χ1v) is 6.30. The van der Waals surface area contributed by atoms with Crippen molar-refractivity contribution in [2.75, 3.05) is 11.9 Å². The van der Waals surface area contributed by atoms with Gasteiger partial charge in [-0.25, -0.2) is 0 Å². The van der Waals surface area contributed by atoms with E-state index in [1.165, 1.54) is 22.0 Å². The summed E-state index contributed by atoms with van der Waals surface area (Å²) in [7, 11) is 0. The van der Waals surface area contributed by atoms with Gasteiger partial charge in [-0.05, 0) is 23.3 Å². The average molecular weight is 227 g/mol. The normalized spacial score (nSPS) is 11.8. The minimum atomic E-state index is 0.168. The summed E-state index contributed by atoms with van der Waals surface area (Å²) in [5, 5.41) is 6.15. The molecule has 0 radical (unpaired) electrons. The second-order valence-corrected chi connectivity index (χ2v) is 5.49. The molecule has 2 rings (SSSR count). The molecule has 0 amide bonds. The number of hydrogen-bond acceptors (Lipinski definition) is 1. The Kier molecular flexibility index (Phi) is 3.10. The van der Waals surface area contributed by atoms with Crippen LogP contribution >= 0.6 is 0 Å². The molecule has 0 aliphatic rings. The third kappa shape index (κ3) is 2.28. The van der Waals surface area contributed by atoms with E-state index in [-0.39, 0.29) is 5.41 Å². The van der Waals surface area contributed by atoms with Crippen LogP contribution in [0.1, 0.15) is 33.3 Å². The van der Waals surface area contributed by atoms with Crippen LogP contribution in [-0.2, 0) is 5.41 Å². The lowest BCUT2D eigenvalue weighted by molar-refractivity contribution is 0.592. The standard InChI is InChI=1S/C16H21N/c1-5-17-15-13-9-7-6-8-12(13)10-11-14(15)16(2,3)4/h6-11,17H,5H2,1-4H3. The van der Waals surface area contributed by atoms with Gasteiger partial charge < -0.3 is 5.32 Å². The monoisotopic (exact) mass is 227 g/mol. The highest BCUT2D eigenvalue weighted by Gasteiger charge is 2.19. The van der Waals surface area contributed by atoms with E-state index in [1.807, 2.05) is 0 Å². The largest absolute Gasteiger partial charge is 0.385 e. The molecule has 1 heteroatoms. The number of nitrogens with one attached hydrogen (secondary N) is 1. The summed E-state index contributed by atoms with van der Waals surface area (Å²) in [6.07, 6.45) is 0. The van der Waals surface area contributed by atoms with Crippen LogP contribution in [0.3, 0.4) is 0 Å². The molecule has 90 valence electrons. The highest BCUT2D eigenvalue weighted by Crippen LogP contribution is 2.35. The third-order valence-electron chi connectivity index (χ3n) is 3.09. The molecule has 0 bridgehead atoms. The number of hydrogen-bond donors (Lipinski definition) is 1. The molecule has 0 aromatic heterocycles. The quantitative estimate of drug-likeness (QED) is 0.792. The van der Waals surface area contributed by atoms with Crippen molar-refractivity contribution in [2.24, 2.45) is 0 Å². The van der Waals surface area contributed by atoms with Crippen molar-refractivity contribution in [2.45, 2.75) is 33.1 Å². The zero-order valence-corrected chi connectivity index (χ0v) is 11.2. The molecule has 1 N–H and O–H groups in total. The molecule has 0 fully saturated rings. The van der Waals surface area contributed by atoms with Gasteiger partial charge in [-0.2, -0.15) is 0 Å². The van der Waals surface area contributed by atoms with E-state index in [0.29, 0.717) is 0 Å². The van der Waals surface area contributed by atoms with Gasteiger partial charge in [0.2, 0.25) is 0 Å². The lowest BCUT2D eigenvalue weighted by Crippen LogP contribution is -2.15. The second kappa shape index (κ2) is 4.40. The summed E-state index contributed by atoms with van der Waals surface area (Å²) < 4.78 is 0. The van der Waals surface area contributed by atoms with Crippen molar-refractivity contribution in [3.05, 3.63) is 42.0 Å². The maximum absolute atomic E-state index is 3.53. The maximum atomic E-state index is 3.53. The van der Waals surface area contributed by atoms with Gasteiger partial charge in [0, 0.05) is 17.6 Å². The van der Waals surface area contributed by atoms with E-state index in [0.717, 1.165) is 6.54 Å². The molecule has 2 aromatic rings. The topological polar surface area (TPSA) is 12.0 Å². The van der Waals surface area contributed by atoms with Gasteiger partial charge >= 0.3 is 0 Å². The van der Waals surface area contributed by atoms with Crippen LogP contribution in [0.15, 0.2) is 36.4 Å². The molecule has 0 spiro atoms. The fourth-order valence-corrected chi connectivity index (χ4v) is 2.26. The molecule has 0 unspecified atom stereocenters. The number of rotatable bonds is 2. The molecule has 17 heavy (non-hydrogen) atoms. The van der Waals surface area contributed by atoms with Gasteiger partial charge in [0.1, 0.15) is 0 Å². The summed E-state index contributed by atoms with van der Waals surface area (Å²) in [4.78, 5) is 0. The van der Waals surface area contributed by atoms with Gasteiger partial charge in [0.25, 0.3) is 0 Å². The predicted molar refractivity (Wildman–Crippen MR) is 76.8 cm³/mol. The summed E-state index contributed by atoms with van der Waals surface area (Å²) in [5.41, 5.74) is 2.85. The first-order valence-electron chi connectivity index (χ1n) is 6.30. The third-order valence-corrected chi connectivity index (χ3v) is 3.09. The van der Waals surface area contributed by atoms with Crippen LogP contribution in [0.2, 0.25) is 0 Å². The van der Waals surface area contributed by atoms with E-state index in [9.17, 15) is 0 Å². The van der Waals surface area contributed by atoms with Crippen molar-refractivity contribution in [3.63, 3.8) is 0 Å². The van der Waals surface area contributed by atoms with Crippen LogP contribution in [0, 0.1) is 0 Å². The van der Waals surface area contributed by atoms with Crippen molar-refractivity contribution < 1.29 is 0 Å². The summed E-state index contributed by atoms with van der Waals surface area (Å²) in [6, 6.07) is 13.0. The fraction of sp³-hybridized carbons (Fsp3) is 0.375. The Bertz CT molecular complexity index is 521. The van der Waals surface area contributed by atoms with Crippen molar-refractivity contribution in [1.82, 2.24) is 0 Å². The van der Waals surface area contributed by atoms with Crippen LogP contribution in [0.4, 0.5) is 5.69 Å². The Morgan fingerprint density at radius 1 is 1.00 bits per heavy atom. The molecule has 0 aliphatic heterocycles. The average Bonchev–Trinajstić information content (AvgIpc) is 2.28. The van der Waals surface area contributed by atoms with Crippen LogP contribution in [0.5, 0.6) is 0 Å². The highest BCUT2D eigenvalue weighted by atomic mass is 14.9. The van der Waals surface area contributed by atoms with E-state index in [4.69, 9.17) is 0 Å². The van der Waals surface area contributed by atoms with Gasteiger partial charge in [-0.1, -0.05) is 57.2 Å². The van der Waals surface area contributed by atoms with Crippen LogP contribution < -0.4 is 5.32 Å². The van der Waals surface area contributed by atoms with Crippen molar-refractivity contribution in [3.8, 4) is 0 Å². The SMILES string of the molecule is CCNc1c(C(C)(C)C)ccc2ccccc12. The van der Waals surface area contributed by atoms with Crippen LogP contribution in [0.25, 0.3) is 10.8 Å². The number of benzene rings is 2. The second-order valence-electron chi connectivity index (χ2n) is 5.49. The Hall–Kier alpha value is -1.50. The maximum Gasteiger partial charge on any atom is 0.0457 e. The van der Waals surface area contributed by atoms with Crippen molar-refractivity contribution in [1.29, 1.82) is 0 Å². The Morgan fingerprint density at radius 2 is 1.71 bits per heavy atom. The summed E-state index contributed by atoms with van der Waals surface area (Å²) in [5.74, 6) is 0. The summed E-state index contributed by atoms with van der Waals surface area (Å²) >= 11 is 0. The fourth-order valence-electron chi connectivity index (χ4n) is 2.26. The van der Waals surface area contributed by atoms with Gasteiger partial charge in [-0.15, -0.1) is 0 Å². The summed E-state index contributed by atoms with van der Waals surface area (Å²) in [6.45, 7) is 9.89. The lowest BCUT2D eigenvalue weighted by Gasteiger charge is -2.24. The lowest BCUT2D eigenvalue weighted by atomic mass is 9.84. The Labute approximate surface area is 104 Å². The van der Waals surface area contributed by atoms with E-state index in [1.54, 1.807) is 0 Å². The Morgan fingerprint density at radius 3 is 2.35 bits per heavy atom. The Balaban J connectivity index is 2.73. The molecule has 1 nitrogen and oxygen atoms in total. The molecular weight excluding hydrogens is 206 g/mol. The predicted octanol–water partition coefficient (Wildman–Crippen LogP) is 4.57. The number of anilines is 1. The van der Waals surface area contributed by atoms with Crippen molar-refractivity contribution >= 4 is 16.5 Å².